The Kier molecular flexibility index (Phi) is 5.62. The molecule has 0 aliphatic rings. The molecule has 1 amide bonds. The van der Waals surface area contributed by atoms with Gasteiger partial charge in [0.05, 0.1) is 11.9 Å². The van der Waals surface area contributed by atoms with Crippen LogP contribution < -0.4 is 10.6 Å². The molecular formula is C14H23N3O. The molecule has 4 nitrogen and oxygen atoms in total. The zero-order chi connectivity index (χ0) is 13.5. The highest BCUT2D eigenvalue weighted by Gasteiger charge is 2.11. The van der Waals surface area contributed by atoms with Crippen molar-refractivity contribution >= 4 is 11.6 Å². The first-order chi connectivity index (χ1) is 8.52. The minimum Gasteiger partial charge on any atom is -0.384 e. The number of aromatic nitrogens is 1. The molecule has 0 aromatic carbocycles. The van der Waals surface area contributed by atoms with E-state index in [4.69, 9.17) is 0 Å². The maximum Gasteiger partial charge on any atom is 0.270 e. The Hall–Kier alpha value is -1.58. The first-order valence-electron chi connectivity index (χ1n) is 6.53. The lowest BCUT2D eigenvalue weighted by Gasteiger charge is -2.15. The Balaban J connectivity index is 2.56. The number of carbonyl (C=O) groups is 1. The summed E-state index contributed by atoms with van der Waals surface area (Å²) in [7, 11) is 0. The van der Waals surface area contributed by atoms with Gasteiger partial charge >= 0.3 is 0 Å². The SMILES string of the molecule is CCNc1ccc(C(=O)NC(C)CC(C)C)nc1. The van der Waals surface area contributed by atoms with Crippen LogP contribution in [-0.2, 0) is 0 Å². The van der Waals surface area contributed by atoms with Gasteiger partial charge in [-0.25, -0.2) is 4.98 Å². The molecule has 0 aliphatic heterocycles. The van der Waals surface area contributed by atoms with E-state index in [1.165, 1.54) is 0 Å². The average Bonchev–Trinajstić information content (AvgIpc) is 2.29. The summed E-state index contributed by atoms with van der Waals surface area (Å²) >= 11 is 0. The minimum atomic E-state index is -0.105. The van der Waals surface area contributed by atoms with Crippen molar-refractivity contribution in [2.75, 3.05) is 11.9 Å². The molecule has 0 aliphatic carbocycles. The fourth-order valence-corrected chi connectivity index (χ4v) is 1.90. The molecule has 0 spiro atoms. The lowest BCUT2D eigenvalue weighted by Crippen LogP contribution is -2.33. The molecule has 0 fully saturated rings. The van der Waals surface area contributed by atoms with Crippen LogP contribution in [0.1, 0.15) is 44.6 Å². The molecule has 0 radical (unpaired) electrons. The average molecular weight is 249 g/mol. The van der Waals surface area contributed by atoms with Crippen molar-refractivity contribution in [1.82, 2.24) is 10.3 Å². The van der Waals surface area contributed by atoms with Gasteiger partial charge in [-0.05, 0) is 38.3 Å². The fraction of sp³-hybridized carbons (Fsp3) is 0.571. The quantitative estimate of drug-likeness (QED) is 0.815. The van der Waals surface area contributed by atoms with Crippen LogP contribution >= 0.6 is 0 Å². The van der Waals surface area contributed by atoms with Crippen LogP contribution in [0, 0.1) is 5.92 Å². The molecule has 1 heterocycles. The van der Waals surface area contributed by atoms with Gasteiger partial charge in [-0.2, -0.15) is 0 Å². The van der Waals surface area contributed by atoms with Gasteiger partial charge in [-0.3, -0.25) is 4.79 Å². The topological polar surface area (TPSA) is 54.0 Å². The van der Waals surface area contributed by atoms with E-state index in [2.05, 4.69) is 29.5 Å². The molecule has 18 heavy (non-hydrogen) atoms. The Labute approximate surface area is 109 Å². The summed E-state index contributed by atoms with van der Waals surface area (Å²) in [5, 5.41) is 6.10. The summed E-state index contributed by atoms with van der Waals surface area (Å²) in [4.78, 5) is 16.1. The molecule has 1 atom stereocenters. The zero-order valence-corrected chi connectivity index (χ0v) is 11.7. The summed E-state index contributed by atoms with van der Waals surface area (Å²) < 4.78 is 0. The normalized spacial score (nSPS) is 12.3. The van der Waals surface area contributed by atoms with E-state index in [1.54, 1.807) is 12.3 Å². The van der Waals surface area contributed by atoms with E-state index in [9.17, 15) is 4.79 Å². The molecule has 1 aromatic rings. The summed E-state index contributed by atoms with van der Waals surface area (Å²) in [6.07, 6.45) is 2.66. The second-order valence-electron chi connectivity index (χ2n) is 4.97. The van der Waals surface area contributed by atoms with Crippen molar-refractivity contribution in [3.63, 3.8) is 0 Å². The molecule has 0 saturated heterocycles. The van der Waals surface area contributed by atoms with Gasteiger partial charge in [0, 0.05) is 12.6 Å². The van der Waals surface area contributed by atoms with Gasteiger partial charge in [-0.15, -0.1) is 0 Å². The molecular weight excluding hydrogens is 226 g/mol. The van der Waals surface area contributed by atoms with Gasteiger partial charge in [0.1, 0.15) is 5.69 Å². The van der Waals surface area contributed by atoms with Crippen molar-refractivity contribution in [2.24, 2.45) is 5.92 Å². The second-order valence-corrected chi connectivity index (χ2v) is 4.97. The van der Waals surface area contributed by atoms with Crippen molar-refractivity contribution in [3.8, 4) is 0 Å². The number of hydrogen-bond acceptors (Lipinski definition) is 3. The molecule has 1 unspecified atom stereocenters. The van der Waals surface area contributed by atoms with Crippen LogP contribution in [0.15, 0.2) is 18.3 Å². The number of pyridine rings is 1. The summed E-state index contributed by atoms with van der Waals surface area (Å²) in [5.41, 5.74) is 1.40. The van der Waals surface area contributed by atoms with E-state index >= 15 is 0 Å². The number of nitrogens with zero attached hydrogens (tertiary/aromatic N) is 1. The van der Waals surface area contributed by atoms with Crippen LogP contribution in [-0.4, -0.2) is 23.5 Å². The van der Waals surface area contributed by atoms with Gasteiger partial charge in [0.15, 0.2) is 0 Å². The number of nitrogens with one attached hydrogen (secondary N) is 2. The van der Waals surface area contributed by atoms with Gasteiger partial charge in [0.25, 0.3) is 5.91 Å². The zero-order valence-electron chi connectivity index (χ0n) is 11.7. The van der Waals surface area contributed by atoms with Gasteiger partial charge < -0.3 is 10.6 Å². The lowest BCUT2D eigenvalue weighted by atomic mass is 10.1. The van der Waals surface area contributed by atoms with E-state index in [1.807, 2.05) is 19.9 Å². The predicted molar refractivity (Wildman–Crippen MR) is 74.8 cm³/mol. The lowest BCUT2D eigenvalue weighted by molar-refractivity contribution is 0.0931. The summed E-state index contributed by atoms with van der Waals surface area (Å²) in [5.74, 6) is 0.468. The third-order valence-corrected chi connectivity index (χ3v) is 2.58. The second kappa shape index (κ2) is 6.99. The number of anilines is 1. The monoisotopic (exact) mass is 249 g/mol. The van der Waals surface area contributed by atoms with E-state index in [0.717, 1.165) is 18.7 Å². The molecule has 1 aromatic heterocycles. The molecule has 2 N–H and O–H groups in total. The predicted octanol–water partition coefficient (Wildman–Crippen LogP) is 2.68. The Bertz CT molecular complexity index is 373. The van der Waals surface area contributed by atoms with E-state index in [0.29, 0.717) is 11.6 Å². The number of carbonyl (C=O) groups excluding carboxylic acids is 1. The Morgan fingerprint density at radius 3 is 2.56 bits per heavy atom. The van der Waals surface area contributed by atoms with Gasteiger partial charge in [-0.1, -0.05) is 13.8 Å². The molecule has 0 saturated carbocycles. The smallest absolute Gasteiger partial charge is 0.270 e. The van der Waals surface area contributed by atoms with E-state index < -0.39 is 0 Å². The number of hydrogen-bond donors (Lipinski definition) is 2. The third kappa shape index (κ3) is 4.73. The van der Waals surface area contributed by atoms with Crippen LogP contribution in [0.4, 0.5) is 5.69 Å². The number of amides is 1. The maximum atomic E-state index is 11.9. The fourth-order valence-electron chi connectivity index (χ4n) is 1.90. The van der Waals surface area contributed by atoms with Crippen LogP contribution in [0.3, 0.4) is 0 Å². The van der Waals surface area contributed by atoms with E-state index in [-0.39, 0.29) is 11.9 Å². The highest BCUT2D eigenvalue weighted by molar-refractivity contribution is 5.92. The third-order valence-electron chi connectivity index (χ3n) is 2.58. The first-order valence-corrected chi connectivity index (χ1v) is 6.53. The highest BCUT2D eigenvalue weighted by atomic mass is 16.1. The Morgan fingerprint density at radius 2 is 2.06 bits per heavy atom. The molecule has 100 valence electrons. The van der Waals surface area contributed by atoms with Crippen LogP contribution in [0.2, 0.25) is 0 Å². The minimum absolute atomic E-state index is 0.105. The van der Waals surface area contributed by atoms with Gasteiger partial charge in [0.2, 0.25) is 0 Å². The maximum absolute atomic E-state index is 11.9. The standard InChI is InChI=1S/C14H23N3O/c1-5-15-12-6-7-13(16-9-12)14(18)17-11(4)8-10(2)3/h6-7,9-11,15H,5,8H2,1-4H3,(H,17,18). The number of rotatable bonds is 6. The molecule has 4 heteroatoms. The van der Waals surface area contributed by atoms with Crippen molar-refractivity contribution in [2.45, 2.75) is 40.2 Å². The van der Waals surface area contributed by atoms with Crippen LogP contribution in [0.25, 0.3) is 0 Å². The van der Waals surface area contributed by atoms with Crippen molar-refractivity contribution in [1.29, 1.82) is 0 Å². The van der Waals surface area contributed by atoms with Crippen molar-refractivity contribution in [3.05, 3.63) is 24.0 Å². The largest absolute Gasteiger partial charge is 0.384 e. The highest BCUT2D eigenvalue weighted by Crippen LogP contribution is 2.07. The van der Waals surface area contributed by atoms with Crippen LogP contribution in [0.5, 0.6) is 0 Å². The first kappa shape index (κ1) is 14.5. The van der Waals surface area contributed by atoms with Crippen molar-refractivity contribution < 1.29 is 4.79 Å². The molecule has 1 rings (SSSR count). The summed E-state index contributed by atoms with van der Waals surface area (Å²) in [6.45, 7) is 9.18. The Morgan fingerprint density at radius 1 is 1.33 bits per heavy atom. The molecule has 0 bridgehead atoms. The summed E-state index contributed by atoms with van der Waals surface area (Å²) in [6, 6.07) is 3.79.